The Balaban J connectivity index is 2.02. The highest BCUT2D eigenvalue weighted by Gasteiger charge is 2.12. The van der Waals surface area contributed by atoms with Crippen molar-refractivity contribution in [3.63, 3.8) is 0 Å². The van der Waals surface area contributed by atoms with Gasteiger partial charge >= 0.3 is 0 Å². The SMILES string of the molecule is CCCCCCC(C#Cc1ccccc1)N(C)Cc1ccccc1. The molecule has 1 nitrogen and oxygen atoms in total. The zero-order chi connectivity index (χ0) is 17.0. The number of nitrogens with zero attached hydrogens (tertiary/aromatic N) is 1. The van der Waals surface area contributed by atoms with Gasteiger partial charge in [-0.15, -0.1) is 0 Å². The lowest BCUT2D eigenvalue weighted by Crippen LogP contribution is -2.30. The van der Waals surface area contributed by atoms with Crippen molar-refractivity contribution in [2.45, 2.75) is 51.6 Å². The van der Waals surface area contributed by atoms with Gasteiger partial charge in [0.25, 0.3) is 0 Å². The molecule has 1 unspecified atom stereocenters. The molecular weight excluding hydrogens is 290 g/mol. The first-order valence-corrected chi connectivity index (χ1v) is 9.10. The maximum Gasteiger partial charge on any atom is 0.0718 e. The zero-order valence-corrected chi connectivity index (χ0v) is 15.0. The van der Waals surface area contributed by atoms with Gasteiger partial charge in [0.05, 0.1) is 6.04 Å². The molecule has 0 bridgehead atoms. The van der Waals surface area contributed by atoms with E-state index in [2.05, 4.69) is 73.2 Å². The summed E-state index contributed by atoms with van der Waals surface area (Å²) in [6, 6.07) is 21.3. The predicted molar refractivity (Wildman–Crippen MR) is 104 cm³/mol. The lowest BCUT2D eigenvalue weighted by Gasteiger charge is -2.24. The Morgan fingerprint density at radius 1 is 0.875 bits per heavy atom. The molecule has 2 rings (SSSR count). The quantitative estimate of drug-likeness (QED) is 0.458. The molecule has 0 N–H and O–H groups in total. The number of rotatable bonds is 8. The van der Waals surface area contributed by atoms with E-state index in [0.29, 0.717) is 6.04 Å². The van der Waals surface area contributed by atoms with Gasteiger partial charge in [-0.1, -0.05) is 93.0 Å². The molecule has 0 spiro atoms. The molecule has 0 heterocycles. The fourth-order valence-corrected chi connectivity index (χ4v) is 2.84. The third kappa shape index (κ3) is 6.60. The van der Waals surface area contributed by atoms with E-state index in [4.69, 9.17) is 0 Å². The van der Waals surface area contributed by atoms with Crippen molar-refractivity contribution in [2.75, 3.05) is 7.05 Å². The van der Waals surface area contributed by atoms with Crippen LogP contribution in [0.2, 0.25) is 0 Å². The molecule has 1 atom stereocenters. The highest BCUT2D eigenvalue weighted by Crippen LogP contribution is 2.13. The molecule has 2 aromatic rings. The molecule has 0 saturated carbocycles. The van der Waals surface area contributed by atoms with Gasteiger partial charge in [0, 0.05) is 12.1 Å². The predicted octanol–water partition coefficient (Wildman–Crippen LogP) is 5.51. The maximum atomic E-state index is 3.51. The topological polar surface area (TPSA) is 3.24 Å². The molecule has 0 aliphatic heterocycles. The summed E-state index contributed by atoms with van der Waals surface area (Å²) in [6.07, 6.45) is 6.30. The van der Waals surface area contributed by atoms with Gasteiger partial charge in [-0.2, -0.15) is 0 Å². The van der Waals surface area contributed by atoms with Gasteiger partial charge in [0.1, 0.15) is 0 Å². The van der Waals surface area contributed by atoms with Gasteiger partial charge < -0.3 is 0 Å². The van der Waals surface area contributed by atoms with Crippen LogP contribution in [0.25, 0.3) is 0 Å². The van der Waals surface area contributed by atoms with Crippen molar-refractivity contribution >= 4 is 0 Å². The number of benzene rings is 2. The maximum absolute atomic E-state index is 3.51. The van der Waals surface area contributed by atoms with Crippen LogP contribution in [-0.4, -0.2) is 18.0 Å². The van der Waals surface area contributed by atoms with Gasteiger partial charge in [-0.3, -0.25) is 4.90 Å². The first kappa shape index (κ1) is 18.3. The van der Waals surface area contributed by atoms with Crippen molar-refractivity contribution in [3.8, 4) is 11.8 Å². The summed E-state index contributed by atoms with van der Waals surface area (Å²) in [6.45, 7) is 3.21. The van der Waals surface area contributed by atoms with Gasteiger partial charge in [-0.05, 0) is 31.2 Å². The summed E-state index contributed by atoms with van der Waals surface area (Å²) in [4.78, 5) is 2.39. The summed E-state index contributed by atoms with van der Waals surface area (Å²) in [5.74, 6) is 6.87. The number of hydrogen-bond acceptors (Lipinski definition) is 1. The normalized spacial score (nSPS) is 11.8. The second-order valence-corrected chi connectivity index (χ2v) is 6.40. The first-order chi connectivity index (χ1) is 11.8. The summed E-state index contributed by atoms with van der Waals surface area (Å²) in [5, 5.41) is 0. The van der Waals surface area contributed by atoms with Gasteiger partial charge in [0.15, 0.2) is 0 Å². The van der Waals surface area contributed by atoms with E-state index in [1.165, 1.54) is 31.2 Å². The van der Waals surface area contributed by atoms with Crippen molar-refractivity contribution < 1.29 is 0 Å². The second-order valence-electron chi connectivity index (χ2n) is 6.40. The lowest BCUT2D eigenvalue weighted by atomic mass is 10.0. The average Bonchev–Trinajstić information content (AvgIpc) is 2.62. The van der Waals surface area contributed by atoms with Crippen LogP contribution in [0.3, 0.4) is 0 Å². The highest BCUT2D eigenvalue weighted by atomic mass is 15.1. The van der Waals surface area contributed by atoms with Crippen LogP contribution in [0.15, 0.2) is 60.7 Å². The van der Waals surface area contributed by atoms with Crippen LogP contribution in [0, 0.1) is 11.8 Å². The molecule has 0 radical (unpaired) electrons. The van der Waals surface area contributed by atoms with Crippen molar-refractivity contribution in [1.29, 1.82) is 0 Å². The van der Waals surface area contributed by atoms with Crippen LogP contribution >= 0.6 is 0 Å². The number of unbranched alkanes of at least 4 members (excludes halogenated alkanes) is 3. The molecular formula is C23H29N. The highest BCUT2D eigenvalue weighted by molar-refractivity contribution is 5.34. The smallest absolute Gasteiger partial charge is 0.0718 e. The van der Waals surface area contributed by atoms with E-state index in [-0.39, 0.29) is 0 Å². The summed E-state index contributed by atoms with van der Waals surface area (Å²) in [5.41, 5.74) is 2.45. The fraction of sp³-hybridized carbons (Fsp3) is 0.391. The summed E-state index contributed by atoms with van der Waals surface area (Å²) >= 11 is 0. The van der Waals surface area contributed by atoms with Crippen molar-refractivity contribution in [3.05, 3.63) is 71.8 Å². The minimum atomic E-state index is 0.308. The molecule has 0 saturated heterocycles. The summed E-state index contributed by atoms with van der Waals surface area (Å²) < 4.78 is 0. The third-order valence-electron chi connectivity index (χ3n) is 4.29. The van der Waals surface area contributed by atoms with Crippen LogP contribution in [0.5, 0.6) is 0 Å². The average molecular weight is 319 g/mol. The van der Waals surface area contributed by atoms with E-state index in [1.807, 2.05) is 18.2 Å². The minimum Gasteiger partial charge on any atom is -0.289 e. The Morgan fingerprint density at radius 2 is 1.54 bits per heavy atom. The Bertz CT molecular complexity index is 621. The molecule has 0 fully saturated rings. The van der Waals surface area contributed by atoms with Crippen LogP contribution in [-0.2, 0) is 6.54 Å². The van der Waals surface area contributed by atoms with E-state index in [1.54, 1.807) is 0 Å². The van der Waals surface area contributed by atoms with Gasteiger partial charge in [-0.25, -0.2) is 0 Å². The van der Waals surface area contributed by atoms with Crippen LogP contribution < -0.4 is 0 Å². The zero-order valence-electron chi connectivity index (χ0n) is 15.0. The van der Waals surface area contributed by atoms with E-state index in [0.717, 1.165) is 18.5 Å². The van der Waals surface area contributed by atoms with E-state index < -0.39 is 0 Å². The Labute approximate surface area is 147 Å². The van der Waals surface area contributed by atoms with Crippen molar-refractivity contribution in [2.24, 2.45) is 0 Å². The Morgan fingerprint density at radius 3 is 2.21 bits per heavy atom. The van der Waals surface area contributed by atoms with Crippen molar-refractivity contribution in [1.82, 2.24) is 4.90 Å². The third-order valence-corrected chi connectivity index (χ3v) is 4.29. The minimum absolute atomic E-state index is 0.308. The molecule has 1 heteroatoms. The monoisotopic (exact) mass is 319 g/mol. The Kier molecular flexibility index (Phi) is 8.15. The largest absolute Gasteiger partial charge is 0.289 e. The molecule has 0 amide bonds. The summed E-state index contributed by atoms with van der Waals surface area (Å²) in [7, 11) is 2.19. The molecule has 2 aromatic carbocycles. The Hall–Kier alpha value is -2.04. The standard InChI is InChI=1S/C23H29N/c1-3-4-5-12-17-23(19-18-21-13-8-6-9-14-21)24(2)20-22-15-10-7-11-16-22/h6-11,13-16,23H,3-5,12,17,20H2,1-2H3. The lowest BCUT2D eigenvalue weighted by molar-refractivity contribution is 0.265. The first-order valence-electron chi connectivity index (χ1n) is 9.10. The number of hydrogen-bond donors (Lipinski definition) is 0. The van der Waals surface area contributed by atoms with Crippen LogP contribution in [0.4, 0.5) is 0 Å². The molecule has 126 valence electrons. The molecule has 0 aromatic heterocycles. The fourth-order valence-electron chi connectivity index (χ4n) is 2.84. The van der Waals surface area contributed by atoms with Gasteiger partial charge in [0.2, 0.25) is 0 Å². The molecule has 24 heavy (non-hydrogen) atoms. The molecule has 0 aliphatic rings. The second kappa shape index (κ2) is 10.7. The molecule has 0 aliphatic carbocycles. The van der Waals surface area contributed by atoms with E-state index in [9.17, 15) is 0 Å². The van der Waals surface area contributed by atoms with Crippen LogP contribution in [0.1, 0.15) is 50.2 Å². The van der Waals surface area contributed by atoms with E-state index >= 15 is 0 Å².